The van der Waals surface area contributed by atoms with E-state index in [1.807, 2.05) is 6.07 Å². The van der Waals surface area contributed by atoms with Gasteiger partial charge in [-0.2, -0.15) is 5.26 Å². The molecular weight excluding hydrogens is 290 g/mol. The van der Waals surface area contributed by atoms with Gasteiger partial charge < -0.3 is 10.5 Å². The Balaban J connectivity index is 2.41. The molecule has 1 heterocycles. The number of aromatic nitrogens is 1. The van der Waals surface area contributed by atoms with Gasteiger partial charge in [-0.05, 0) is 29.8 Å². The van der Waals surface area contributed by atoms with Crippen molar-refractivity contribution in [1.82, 2.24) is 4.98 Å². The number of hydrogen-bond acceptors (Lipinski definition) is 6. The minimum absolute atomic E-state index is 0.0113. The summed E-state index contributed by atoms with van der Waals surface area (Å²) in [7, 11) is -2.20. The van der Waals surface area contributed by atoms with Crippen molar-refractivity contribution in [3.8, 4) is 11.8 Å². The second-order valence-corrected chi connectivity index (χ2v) is 6.28. The molecular formula is C14H13N3O3S. The van der Waals surface area contributed by atoms with Gasteiger partial charge >= 0.3 is 0 Å². The van der Waals surface area contributed by atoms with E-state index in [4.69, 9.17) is 15.7 Å². The Hall–Kier alpha value is -2.59. The normalized spacial score (nSPS) is 10.9. The van der Waals surface area contributed by atoms with Gasteiger partial charge in [-0.15, -0.1) is 0 Å². The van der Waals surface area contributed by atoms with Gasteiger partial charge in [0.1, 0.15) is 17.5 Å². The van der Waals surface area contributed by atoms with Crippen LogP contribution in [-0.4, -0.2) is 20.5 Å². The number of benzene rings is 1. The lowest BCUT2D eigenvalue weighted by Gasteiger charge is -2.09. The lowest BCUT2D eigenvalue weighted by molar-refractivity contribution is 0.413. The van der Waals surface area contributed by atoms with Gasteiger partial charge in [0.05, 0.1) is 23.4 Å². The maximum absolute atomic E-state index is 12.5. The van der Waals surface area contributed by atoms with Crippen LogP contribution in [0, 0.1) is 11.3 Å². The fourth-order valence-corrected chi connectivity index (χ4v) is 3.33. The summed E-state index contributed by atoms with van der Waals surface area (Å²) in [5, 5.41) is 8.79. The summed E-state index contributed by atoms with van der Waals surface area (Å²) in [6.45, 7) is 0. The zero-order valence-corrected chi connectivity index (χ0v) is 12.1. The maximum Gasteiger partial charge on any atom is 0.184 e. The molecule has 0 atom stereocenters. The first-order chi connectivity index (χ1) is 9.96. The number of ether oxygens (including phenoxy) is 1. The molecule has 0 saturated heterocycles. The monoisotopic (exact) mass is 303 g/mol. The van der Waals surface area contributed by atoms with Gasteiger partial charge in [-0.1, -0.05) is 0 Å². The molecule has 0 amide bonds. The zero-order chi connectivity index (χ0) is 15.5. The first-order valence-corrected chi connectivity index (χ1v) is 7.63. The molecule has 0 aliphatic rings. The molecule has 0 aliphatic heterocycles. The van der Waals surface area contributed by atoms with Gasteiger partial charge in [0.15, 0.2) is 9.84 Å². The highest BCUT2D eigenvalue weighted by Crippen LogP contribution is 2.26. The second-order valence-electron chi connectivity index (χ2n) is 4.32. The van der Waals surface area contributed by atoms with E-state index >= 15 is 0 Å². The van der Waals surface area contributed by atoms with Gasteiger partial charge in [0.2, 0.25) is 0 Å². The van der Waals surface area contributed by atoms with Gasteiger partial charge in [0.25, 0.3) is 0 Å². The van der Waals surface area contributed by atoms with Crippen LogP contribution in [0.15, 0.2) is 41.4 Å². The molecule has 7 heteroatoms. The fourth-order valence-electron chi connectivity index (χ4n) is 1.83. The van der Waals surface area contributed by atoms with Gasteiger partial charge in [-0.25, -0.2) is 13.4 Å². The molecule has 0 saturated carbocycles. The van der Waals surface area contributed by atoms with Crippen LogP contribution in [0.3, 0.4) is 0 Å². The first kappa shape index (κ1) is 14.8. The van der Waals surface area contributed by atoms with Crippen molar-refractivity contribution in [3.05, 3.63) is 47.8 Å². The van der Waals surface area contributed by atoms with E-state index in [1.54, 1.807) is 12.1 Å². The number of nitrogens with zero attached hydrogens (tertiary/aromatic N) is 2. The standard InChI is InChI=1S/C14H13N3O3S/c1-20-12-2-3-13(16)14(7-12)21(18,19)9-10-4-5-17-11(6-10)8-15/h2-7H,9,16H2,1H3. The predicted molar refractivity (Wildman–Crippen MR) is 77.2 cm³/mol. The summed E-state index contributed by atoms with van der Waals surface area (Å²) in [4.78, 5) is 3.82. The summed E-state index contributed by atoms with van der Waals surface area (Å²) in [5.41, 5.74) is 6.54. The van der Waals surface area contributed by atoms with Crippen LogP contribution in [-0.2, 0) is 15.6 Å². The van der Waals surface area contributed by atoms with Crippen LogP contribution in [0.1, 0.15) is 11.3 Å². The van der Waals surface area contributed by atoms with Crippen molar-refractivity contribution in [1.29, 1.82) is 5.26 Å². The van der Waals surface area contributed by atoms with Crippen LogP contribution in [0.2, 0.25) is 0 Å². The van der Waals surface area contributed by atoms with E-state index < -0.39 is 9.84 Å². The van der Waals surface area contributed by atoms with Crippen molar-refractivity contribution in [2.45, 2.75) is 10.6 Å². The number of nitriles is 1. The van der Waals surface area contributed by atoms with E-state index in [0.29, 0.717) is 11.3 Å². The number of rotatable bonds is 4. The summed E-state index contributed by atoms with van der Waals surface area (Å²) >= 11 is 0. The Kier molecular flexibility index (Phi) is 4.10. The molecule has 0 spiro atoms. The van der Waals surface area contributed by atoms with Crippen molar-refractivity contribution < 1.29 is 13.2 Å². The smallest absolute Gasteiger partial charge is 0.184 e. The third kappa shape index (κ3) is 3.30. The van der Waals surface area contributed by atoms with Crippen LogP contribution in [0.5, 0.6) is 5.75 Å². The van der Waals surface area contributed by atoms with Crippen molar-refractivity contribution in [2.75, 3.05) is 12.8 Å². The van der Waals surface area contributed by atoms with E-state index in [1.165, 1.54) is 31.5 Å². The van der Waals surface area contributed by atoms with E-state index in [0.717, 1.165) is 0 Å². The topological polar surface area (TPSA) is 106 Å². The number of hydrogen-bond donors (Lipinski definition) is 1. The SMILES string of the molecule is COc1ccc(N)c(S(=O)(=O)Cc2ccnc(C#N)c2)c1. The molecule has 21 heavy (non-hydrogen) atoms. The van der Waals surface area contributed by atoms with Gasteiger partial charge in [0, 0.05) is 12.3 Å². The number of anilines is 1. The Labute approximate surface area is 122 Å². The quantitative estimate of drug-likeness (QED) is 0.858. The van der Waals surface area contributed by atoms with Gasteiger partial charge in [-0.3, -0.25) is 0 Å². The van der Waals surface area contributed by atoms with E-state index in [2.05, 4.69) is 4.98 Å². The molecule has 2 rings (SSSR count). The predicted octanol–water partition coefficient (Wildman–Crippen LogP) is 1.52. The lowest BCUT2D eigenvalue weighted by atomic mass is 10.2. The van der Waals surface area contributed by atoms with Crippen LogP contribution in [0.4, 0.5) is 5.69 Å². The Bertz CT molecular complexity index is 810. The molecule has 108 valence electrons. The third-order valence-electron chi connectivity index (χ3n) is 2.85. The Morgan fingerprint density at radius 3 is 2.76 bits per heavy atom. The van der Waals surface area contributed by atoms with E-state index in [-0.39, 0.29) is 22.0 Å². The van der Waals surface area contributed by atoms with Crippen LogP contribution < -0.4 is 10.5 Å². The molecule has 0 bridgehead atoms. The lowest BCUT2D eigenvalue weighted by Crippen LogP contribution is -2.08. The second kappa shape index (κ2) is 5.81. The highest BCUT2D eigenvalue weighted by Gasteiger charge is 2.19. The minimum atomic E-state index is -3.64. The number of pyridine rings is 1. The minimum Gasteiger partial charge on any atom is -0.497 e. The molecule has 0 fully saturated rings. The van der Waals surface area contributed by atoms with Crippen LogP contribution >= 0.6 is 0 Å². The molecule has 2 N–H and O–H groups in total. The molecule has 2 aromatic rings. The molecule has 1 aromatic carbocycles. The Morgan fingerprint density at radius 2 is 2.10 bits per heavy atom. The highest BCUT2D eigenvalue weighted by molar-refractivity contribution is 7.90. The molecule has 0 radical (unpaired) electrons. The molecule has 1 aromatic heterocycles. The number of nitrogen functional groups attached to an aromatic ring is 1. The number of methoxy groups -OCH3 is 1. The molecule has 0 aliphatic carbocycles. The number of sulfone groups is 1. The van der Waals surface area contributed by atoms with Crippen molar-refractivity contribution in [3.63, 3.8) is 0 Å². The average Bonchev–Trinajstić information content (AvgIpc) is 2.47. The van der Waals surface area contributed by atoms with Crippen molar-refractivity contribution in [2.24, 2.45) is 0 Å². The average molecular weight is 303 g/mol. The molecule has 0 unspecified atom stereocenters. The molecule has 6 nitrogen and oxygen atoms in total. The maximum atomic E-state index is 12.5. The van der Waals surface area contributed by atoms with E-state index in [9.17, 15) is 8.42 Å². The number of nitrogens with two attached hydrogens (primary N) is 1. The fraction of sp³-hybridized carbons (Fsp3) is 0.143. The van der Waals surface area contributed by atoms with Crippen LogP contribution in [0.25, 0.3) is 0 Å². The Morgan fingerprint density at radius 1 is 1.33 bits per heavy atom. The summed E-state index contributed by atoms with van der Waals surface area (Å²) in [5.74, 6) is 0.150. The highest BCUT2D eigenvalue weighted by atomic mass is 32.2. The largest absolute Gasteiger partial charge is 0.497 e. The summed E-state index contributed by atoms with van der Waals surface area (Å²) in [6, 6.07) is 9.32. The first-order valence-electron chi connectivity index (χ1n) is 5.97. The zero-order valence-electron chi connectivity index (χ0n) is 11.3. The summed E-state index contributed by atoms with van der Waals surface area (Å²) < 4.78 is 29.9. The van der Waals surface area contributed by atoms with Crippen molar-refractivity contribution >= 4 is 15.5 Å². The third-order valence-corrected chi connectivity index (χ3v) is 4.59. The summed E-state index contributed by atoms with van der Waals surface area (Å²) in [6.07, 6.45) is 1.40.